The first kappa shape index (κ1) is 22.2. The van der Waals surface area contributed by atoms with Gasteiger partial charge < -0.3 is 19.7 Å². The molecule has 1 heterocycles. The van der Waals surface area contributed by atoms with Gasteiger partial charge in [0, 0.05) is 16.9 Å². The smallest absolute Gasteiger partial charge is 0.258 e. The zero-order valence-electron chi connectivity index (χ0n) is 19.0. The zero-order valence-corrected chi connectivity index (χ0v) is 19.0. The number of benzene rings is 4. The molecule has 0 unspecified atom stereocenters. The Morgan fingerprint density at radius 1 is 0.743 bits per heavy atom. The number of carbonyl (C=O) groups excluding carboxylic acids is 2. The molecule has 6 heteroatoms. The van der Waals surface area contributed by atoms with Crippen LogP contribution >= 0.6 is 0 Å². The van der Waals surface area contributed by atoms with E-state index in [0.717, 1.165) is 16.8 Å². The van der Waals surface area contributed by atoms with E-state index in [-0.39, 0.29) is 25.0 Å². The molecule has 0 spiro atoms. The molecule has 0 atom stereocenters. The van der Waals surface area contributed by atoms with Gasteiger partial charge in [-0.15, -0.1) is 0 Å². The van der Waals surface area contributed by atoms with Gasteiger partial charge in [0.25, 0.3) is 5.91 Å². The second-order valence-corrected chi connectivity index (χ2v) is 8.21. The maximum Gasteiger partial charge on any atom is 0.258 e. The molecule has 0 aliphatic carbocycles. The highest BCUT2D eigenvalue weighted by Gasteiger charge is 2.22. The van der Waals surface area contributed by atoms with Crippen LogP contribution in [0.15, 0.2) is 103 Å². The molecule has 0 bridgehead atoms. The van der Waals surface area contributed by atoms with Crippen molar-refractivity contribution in [1.82, 2.24) is 0 Å². The van der Waals surface area contributed by atoms with Crippen LogP contribution < -0.4 is 19.7 Å². The summed E-state index contributed by atoms with van der Waals surface area (Å²) in [4.78, 5) is 28.0. The summed E-state index contributed by atoms with van der Waals surface area (Å²) in [5.74, 6) is 0.896. The normalized spacial score (nSPS) is 11.7. The van der Waals surface area contributed by atoms with E-state index in [4.69, 9.17) is 9.47 Å². The Labute approximate surface area is 203 Å². The van der Waals surface area contributed by atoms with Crippen LogP contribution in [-0.2, 0) is 17.8 Å². The van der Waals surface area contributed by atoms with Crippen molar-refractivity contribution in [3.8, 4) is 11.5 Å². The summed E-state index contributed by atoms with van der Waals surface area (Å²) in [5.41, 5.74) is 3.76. The largest absolute Gasteiger partial charge is 0.454 e. The van der Waals surface area contributed by atoms with Gasteiger partial charge in [-0.3, -0.25) is 9.59 Å². The highest BCUT2D eigenvalue weighted by Crippen LogP contribution is 2.33. The number of rotatable bonds is 7. The fraction of sp³-hybridized carbons (Fsp3) is 0.103. The van der Waals surface area contributed by atoms with Crippen LogP contribution in [-0.4, -0.2) is 18.6 Å². The SMILES string of the molecule is O=C(Cc1cccc(N(Cc2ccccc2)C(=O)c2ccc3c(c2)OCO3)c1)Nc1ccccc1. The minimum Gasteiger partial charge on any atom is -0.454 e. The molecule has 1 aliphatic heterocycles. The molecular weight excluding hydrogens is 440 g/mol. The molecule has 174 valence electrons. The summed E-state index contributed by atoms with van der Waals surface area (Å²) < 4.78 is 10.9. The quantitative estimate of drug-likeness (QED) is 0.395. The van der Waals surface area contributed by atoms with Crippen molar-refractivity contribution < 1.29 is 19.1 Å². The van der Waals surface area contributed by atoms with E-state index in [2.05, 4.69) is 5.32 Å². The second-order valence-electron chi connectivity index (χ2n) is 8.21. The number of para-hydroxylation sites is 1. The minimum atomic E-state index is -0.168. The zero-order chi connectivity index (χ0) is 24.0. The lowest BCUT2D eigenvalue weighted by atomic mass is 10.1. The van der Waals surface area contributed by atoms with E-state index in [1.807, 2.05) is 84.9 Å². The van der Waals surface area contributed by atoms with E-state index in [1.165, 1.54) is 0 Å². The molecule has 0 aromatic heterocycles. The van der Waals surface area contributed by atoms with Gasteiger partial charge in [-0.05, 0) is 53.6 Å². The number of carbonyl (C=O) groups is 2. The molecule has 4 aromatic rings. The first-order valence-electron chi connectivity index (χ1n) is 11.3. The number of fused-ring (bicyclic) bond motifs is 1. The third-order valence-electron chi connectivity index (χ3n) is 5.69. The van der Waals surface area contributed by atoms with Gasteiger partial charge >= 0.3 is 0 Å². The maximum absolute atomic E-state index is 13.7. The summed E-state index contributed by atoms with van der Waals surface area (Å²) in [7, 11) is 0. The van der Waals surface area contributed by atoms with Crippen LogP contribution in [0.2, 0.25) is 0 Å². The van der Waals surface area contributed by atoms with Crippen molar-refractivity contribution in [3.05, 3.63) is 120 Å². The Kier molecular flexibility index (Phi) is 6.44. The molecule has 1 aliphatic rings. The summed E-state index contributed by atoms with van der Waals surface area (Å²) in [6.45, 7) is 0.529. The lowest BCUT2D eigenvalue weighted by Crippen LogP contribution is -2.30. The molecule has 0 saturated heterocycles. The number of anilines is 2. The predicted molar refractivity (Wildman–Crippen MR) is 135 cm³/mol. The van der Waals surface area contributed by atoms with Gasteiger partial charge in [0.1, 0.15) is 0 Å². The number of ether oxygens (including phenoxy) is 2. The summed E-state index contributed by atoms with van der Waals surface area (Å²) in [6, 6.07) is 31.9. The van der Waals surface area contributed by atoms with Gasteiger partial charge in [0.15, 0.2) is 11.5 Å². The number of nitrogens with one attached hydrogen (secondary N) is 1. The second kappa shape index (κ2) is 10.1. The van der Waals surface area contributed by atoms with E-state index in [9.17, 15) is 9.59 Å². The first-order valence-corrected chi connectivity index (χ1v) is 11.3. The fourth-order valence-electron chi connectivity index (χ4n) is 3.98. The molecule has 5 rings (SSSR count). The van der Waals surface area contributed by atoms with Crippen molar-refractivity contribution in [2.75, 3.05) is 17.0 Å². The monoisotopic (exact) mass is 464 g/mol. The molecule has 0 fully saturated rings. The molecule has 4 aromatic carbocycles. The third kappa shape index (κ3) is 5.33. The van der Waals surface area contributed by atoms with Crippen LogP contribution in [0.1, 0.15) is 21.5 Å². The van der Waals surface area contributed by atoms with E-state index in [1.54, 1.807) is 23.1 Å². The van der Waals surface area contributed by atoms with Crippen LogP contribution in [0.25, 0.3) is 0 Å². The van der Waals surface area contributed by atoms with Crippen LogP contribution in [0.3, 0.4) is 0 Å². The summed E-state index contributed by atoms with van der Waals surface area (Å²) in [5, 5.41) is 2.91. The van der Waals surface area contributed by atoms with E-state index in [0.29, 0.717) is 29.3 Å². The number of hydrogen-bond acceptors (Lipinski definition) is 4. The molecule has 35 heavy (non-hydrogen) atoms. The van der Waals surface area contributed by atoms with Gasteiger partial charge in [0.05, 0.1) is 13.0 Å². The molecule has 1 N–H and O–H groups in total. The Hall–Kier alpha value is -4.58. The van der Waals surface area contributed by atoms with Crippen molar-refractivity contribution >= 4 is 23.2 Å². The Balaban J connectivity index is 1.41. The Bertz CT molecular complexity index is 1340. The number of hydrogen-bond donors (Lipinski definition) is 1. The molecule has 0 saturated carbocycles. The van der Waals surface area contributed by atoms with Crippen LogP contribution in [0, 0.1) is 0 Å². The van der Waals surface area contributed by atoms with Gasteiger partial charge in [-0.2, -0.15) is 0 Å². The van der Waals surface area contributed by atoms with Crippen LogP contribution in [0.4, 0.5) is 11.4 Å². The van der Waals surface area contributed by atoms with E-state index >= 15 is 0 Å². The lowest BCUT2D eigenvalue weighted by molar-refractivity contribution is -0.115. The van der Waals surface area contributed by atoms with Gasteiger partial charge in [0.2, 0.25) is 12.7 Å². The molecule has 2 amide bonds. The highest BCUT2D eigenvalue weighted by atomic mass is 16.7. The molecule has 6 nitrogen and oxygen atoms in total. The maximum atomic E-state index is 13.7. The first-order chi connectivity index (χ1) is 17.2. The highest BCUT2D eigenvalue weighted by molar-refractivity contribution is 6.06. The third-order valence-corrected chi connectivity index (χ3v) is 5.69. The number of nitrogens with zero attached hydrogens (tertiary/aromatic N) is 1. The topological polar surface area (TPSA) is 67.9 Å². The average Bonchev–Trinajstić information content (AvgIpc) is 3.36. The fourth-order valence-corrected chi connectivity index (χ4v) is 3.98. The van der Waals surface area contributed by atoms with Crippen molar-refractivity contribution in [3.63, 3.8) is 0 Å². The molecule has 0 radical (unpaired) electrons. The summed E-state index contributed by atoms with van der Waals surface area (Å²) >= 11 is 0. The van der Waals surface area contributed by atoms with Crippen molar-refractivity contribution in [1.29, 1.82) is 0 Å². The lowest BCUT2D eigenvalue weighted by Gasteiger charge is -2.24. The van der Waals surface area contributed by atoms with E-state index < -0.39 is 0 Å². The van der Waals surface area contributed by atoms with Crippen molar-refractivity contribution in [2.24, 2.45) is 0 Å². The average molecular weight is 465 g/mol. The number of amides is 2. The Morgan fingerprint density at radius 3 is 2.26 bits per heavy atom. The minimum absolute atomic E-state index is 0.120. The van der Waals surface area contributed by atoms with Gasteiger partial charge in [-0.25, -0.2) is 0 Å². The van der Waals surface area contributed by atoms with Crippen molar-refractivity contribution in [2.45, 2.75) is 13.0 Å². The predicted octanol–water partition coefficient (Wildman–Crippen LogP) is 5.44. The molecular formula is C29H24N2O4. The van der Waals surface area contributed by atoms with Gasteiger partial charge in [-0.1, -0.05) is 60.7 Å². The van der Waals surface area contributed by atoms with Crippen LogP contribution in [0.5, 0.6) is 11.5 Å². The Morgan fingerprint density at radius 2 is 1.46 bits per heavy atom. The standard InChI is InChI=1S/C29H24N2O4/c32-28(30-24-11-5-2-6-12-24)17-22-10-7-13-25(16-22)31(19-21-8-3-1-4-9-21)29(33)23-14-15-26-27(18-23)35-20-34-26/h1-16,18H,17,19-20H2,(H,30,32). The summed E-state index contributed by atoms with van der Waals surface area (Å²) in [6.07, 6.45) is 0.195.